The van der Waals surface area contributed by atoms with Crippen molar-refractivity contribution >= 4 is 34.8 Å². The van der Waals surface area contributed by atoms with Crippen LogP contribution in [-0.2, 0) is 11.3 Å². The number of aromatic amines is 1. The van der Waals surface area contributed by atoms with Crippen molar-refractivity contribution in [2.75, 3.05) is 5.75 Å². The van der Waals surface area contributed by atoms with Gasteiger partial charge in [-0.15, -0.1) is 11.3 Å². The third kappa shape index (κ3) is 4.28. The molecule has 1 amide bonds. The van der Waals surface area contributed by atoms with Gasteiger partial charge < -0.3 is 10.3 Å². The van der Waals surface area contributed by atoms with Crippen LogP contribution in [0.4, 0.5) is 0 Å². The number of aromatic nitrogens is 2. The van der Waals surface area contributed by atoms with E-state index in [1.165, 1.54) is 6.92 Å². The van der Waals surface area contributed by atoms with Crippen molar-refractivity contribution in [1.29, 1.82) is 0 Å². The molecule has 0 unspecified atom stereocenters. The number of H-pyrrole nitrogens is 1. The summed E-state index contributed by atoms with van der Waals surface area (Å²) in [4.78, 5) is 42.3. The SMILES string of the molecule is CC(=O)c1c(SCC(=O)NCc2cccs2)nc(=O)[nH]c1C. The Balaban J connectivity index is 2.00. The number of thiophene rings is 1. The number of rotatable bonds is 6. The van der Waals surface area contributed by atoms with E-state index in [4.69, 9.17) is 0 Å². The molecule has 0 aliphatic rings. The first-order chi connectivity index (χ1) is 10.5. The van der Waals surface area contributed by atoms with Crippen LogP contribution in [0.1, 0.15) is 27.9 Å². The molecule has 116 valence electrons. The predicted octanol–water partition coefficient (Wildman–Crippen LogP) is 1.75. The second-order valence-electron chi connectivity index (χ2n) is 4.55. The summed E-state index contributed by atoms with van der Waals surface area (Å²) in [5.74, 6) is -0.267. The van der Waals surface area contributed by atoms with Gasteiger partial charge in [-0.05, 0) is 25.3 Å². The van der Waals surface area contributed by atoms with E-state index in [-0.39, 0.29) is 17.4 Å². The molecule has 22 heavy (non-hydrogen) atoms. The zero-order valence-corrected chi connectivity index (χ0v) is 13.8. The second kappa shape index (κ2) is 7.37. The monoisotopic (exact) mass is 337 g/mol. The largest absolute Gasteiger partial charge is 0.350 e. The summed E-state index contributed by atoms with van der Waals surface area (Å²) in [6.07, 6.45) is 0. The molecule has 0 fully saturated rings. The molecule has 6 nitrogen and oxygen atoms in total. The van der Waals surface area contributed by atoms with Gasteiger partial charge in [0, 0.05) is 10.6 Å². The van der Waals surface area contributed by atoms with Crippen LogP contribution in [0.3, 0.4) is 0 Å². The lowest BCUT2D eigenvalue weighted by Crippen LogP contribution is -2.25. The maximum Gasteiger partial charge on any atom is 0.346 e. The number of thioether (sulfide) groups is 1. The molecule has 0 radical (unpaired) electrons. The third-order valence-electron chi connectivity index (χ3n) is 2.82. The number of carbonyl (C=O) groups excluding carboxylic acids is 2. The summed E-state index contributed by atoms with van der Waals surface area (Å²) in [5, 5.41) is 5.02. The number of carbonyl (C=O) groups is 2. The van der Waals surface area contributed by atoms with Gasteiger partial charge in [-0.2, -0.15) is 4.98 Å². The summed E-state index contributed by atoms with van der Waals surface area (Å²) in [5.41, 5.74) is 0.300. The van der Waals surface area contributed by atoms with Crippen LogP contribution < -0.4 is 11.0 Å². The lowest BCUT2D eigenvalue weighted by Gasteiger charge is -2.08. The molecule has 0 aromatic carbocycles. The van der Waals surface area contributed by atoms with Gasteiger partial charge >= 0.3 is 5.69 Å². The highest BCUT2D eigenvalue weighted by Crippen LogP contribution is 2.21. The van der Waals surface area contributed by atoms with Crippen LogP contribution in [0.5, 0.6) is 0 Å². The minimum Gasteiger partial charge on any atom is -0.350 e. The molecule has 8 heteroatoms. The fourth-order valence-electron chi connectivity index (χ4n) is 1.86. The van der Waals surface area contributed by atoms with Crippen molar-refractivity contribution in [2.45, 2.75) is 25.4 Å². The highest BCUT2D eigenvalue weighted by molar-refractivity contribution is 8.00. The number of hydrogen-bond donors (Lipinski definition) is 2. The first kappa shape index (κ1) is 16.4. The van der Waals surface area contributed by atoms with Crippen molar-refractivity contribution in [3.63, 3.8) is 0 Å². The standard InChI is InChI=1S/C14H15N3O3S2/c1-8-12(9(2)18)13(17-14(20)16-8)22-7-11(19)15-6-10-4-3-5-21-10/h3-5H,6-7H2,1-2H3,(H,15,19)(H,16,17,20). The first-order valence-electron chi connectivity index (χ1n) is 6.51. The fraction of sp³-hybridized carbons (Fsp3) is 0.286. The van der Waals surface area contributed by atoms with E-state index in [2.05, 4.69) is 15.3 Å². The summed E-state index contributed by atoms with van der Waals surface area (Å²) in [6.45, 7) is 3.52. The predicted molar refractivity (Wildman–Crippen MR) is 86.5 cm³/mol. The molecule has 2 aromatic rings. The number of amides is 1. The first-order valence-corrected chi connectivity index (χ1v) is 8.37. The van der Waals surface area contributed by atoms with E-state index in [1.807, 2.05) is 17.5 Å². The molecule has 2 heterocycles. The molecule has 0 aliphatic carbocycles. The van der Waals surface area contributed by atoms with E-state index in [1.54, 1.807) is 18.3 Å². The van der Waals surface area contributed by atoms with E-state index in [0.29, 0.717) is 22.8 Å². The highest BCUT2D eigenvalue weighted by atomic mass is 32.2. The number of ketones is 1. The zero-order valence-electron chi connectivity index (χ0n) is 12.1. The van der Waals surface area contributed by atoms with Gasteiger partial charge in [-0.3, -0.25) is 9.59 Å². The van der Waals surface area contributed by atoms with E-state index < -0.39 is 5.69 Å². The van der Waals surface area contributed by atoms with Crippen molar-refractivity contribution < 1.29 is 9.59 Å². The van der Waals surface area contributed by atoms with Gasteiger partial charge in [0.25, 0.3) is 0 Å². The van der Waals surface area contributed by atoms with Crippen LogP contribution >= 0.6 is 23.1 Å². The highest BCUT2D eigenvalue weighted by Gasteiger charge is 2.15. The quantitative estimate of drug-likeness (QED) is 0.476. The molecule has 0 atom stereocenters. The van der Waals surface area contributed by atoms with Crippen LogP contribution in [0.2, 0.25) is 0 Å². The molecule has 0 aliphatic heterocycles. The lowest BCUT2D eigenvalue weighted by molar-refractivity contribution is -0.118. The van der Waals surface area contributed by atoms with Crippen molar-refractivity contribution in [3.8, 4) is 0 Å². The summed E-state index contributed by atoms with van der Waals surface area (Å²) in [6, 6.07) is 3.86. The normalized spacial score (nSPS) is 10.5. The molecule has 2 aromatic heterocycles. The van der Waals surface area contributed by atoms with Crippen LogP contribution in [0.25, 0.3) is 0 Å². The van der Waals surface area contributed by atoms with Gasteiger partial charge in [0.15, 0.2) is 5.78 Å². The van der Waals surface area contributed by atoms with Gasteiger partial charge in [0.05, 0.1) is 17.9 Å². The molecular formula is C14H15N3O3S2. The van der Waals surface area contributed by atoms with Gasteiger partial charge in [0.2, 0.25) is 5.91 Å². The fourth-order valence-corrected chi connectivity index (χ4v) is 3.47. The number of nitrogens with one attached hydrogen (secondary N) is 2. The van der Waals surface area contributed by atoms with Crippen molar-refractivity contribution in [3.05, 3.63) is 44.1 Å². The molecule has 0 spiro atoms. The van der Waals surface area contributed by atoms with Gasteiger partial charge in [0.1, 0.15) is 5.03 Å². The zero-order chi connectivity index (χ0) is 16.1. The number of nitrogens with zero attached hydrogens (tertiary/aromatic N) is 1. The summed E-state index contributed by atoms with van der Waals surface area (Å²) in [7, 11) is 0. The Bertz CT molecular complexity index is 738. The van der Waals surface area contributed by atoms with E-state index >= 15 is 0 Å². The van der Waals surface area contributed by atoms with Crippen LogP contribution in [0.15, 0.2) is 27.3 Å². The Morgan fingerprint density at radius 3 is 2.86 bits per heavy atom. The second-order valence-corrected chi connectivity index (χ2v) is 6.54. The smallest absolute Gasteiger partial charge is 0.346 e. The Morgan fingerprint density at radius 2 is 2.23 bits per heavy atom. The van der Waals surface area contributed by atoms with Gasteiger partial charge in [-0.1, -0.05) is 17.8 Å². The van der Waals surface area contributed by atoms with Crippen LogP contribution in [0, 0.1) is 6.92 Å². The molecule has 0 bridgehead atoms. The van der Waals surface area contributed by atoms with E-state index in [9.17, 15) is 14.4 Å². The maximum absolute atomic E-state index is 11.8. The topological polar surface area (TPSA) is 91.9 Å². The molecule has 0 saturated carbocycles. The van der Waals surface area contributed by atoms with Crippen molar-refractivity contribution in [2.24, 2.45) is 0 Å². The Kier molecular flexibility index (Phi) is 5.51. The Labute approximate surface area is 135 Å². The minimum absolute atomic E-state index is 0.0988. The lowest BCUT2D eigenvalue weighted by atomic mass is 10.2. The van der Waals surface area contributed by atoms with E-state index in [0.717, 1.165) is 16.6 Å². The van der Waals surface area contributed by atoms with Gasteiger partial charge in [-0.25, -0.2) is 4.79 Å². The summed E-state index contributed by atoms with van der Waals surface area (Å²) >= 11 is 2.65. The Hall–Kier alpha value is -1.93. The van der Waals surface area contributed by atoms with Crippen molar-refractivity contribution in [1.82, 2.24) is 15.3 Å². The molecular weight excluding hydrogens is 322 g/mol. The number of hydrogen-bond acceptors (Lipinski definition) is 6. The summed E-state index contributed by atoms with van der Waals surface area (Å²) < 4.78 is 0. The molecule has 2 N–H and O–H groups in total. The number of aryl methyl sites for hydroxylation is 1. The third-order valence-corrected chi connectivity index (χ3v) is 4.67. The molecule has 2 rings (SSSR count). The number of Topliss-reactive ketones (excluding diaryl/α,β-unsaturated/α-hetero) is 1. The minimum atomic E-state index is -0.524. The van der Waals surface area contributed by atoms with Crippen LogP contribution in [-0.4, -0.2) is 27.4 Å². The average Bonchev–Trinajstić information content (AvgIpc) is 2.94. The average molecular weight is 337 g/mol. The maximum atomic E-state index is 11.8. The Morgan fingerprint density at radius 1 is 1.45 bits per heavy atom. The molecule has 0 saturated heterocycles.